The van der Waals surface area contributed by atoms with Gasteiger partial charge in [0.05, 0.1) is 12.8 Å². The monoisotopic (exact) mass is 260 g/mol. The van der Waals surface area contributed by atoms with Crippen LogP contribution in [0.1, 0.15) is 24.1 Å². The van der Waals surface area contributed by atoms with Gasteiger partial charge in [0.15, 0.2) is 11.6 Å². The smallest absolute Gasteiger partial charge is 0.165 e. The summed E-state index contributed by atoms with van der Waals surface area (Å²) in [5, 5.41) is 3.33. The van der Waals surface area contributed by atoms with Crippen molar-refractivity contribution < 1.29 is 9.13 Å². The fourth-order valence-corrected chi connectivity index (χ4v) is 1.91. The zero-order chi connectivity index (χ0) is 13.8. The molecule has 3 nitrogen and oxygen atoms in total. The van der Waals surface area contributed by atoms with Gasteiger partial charge >= 0.3 is 0 Å². The van der Waals surface area contributed by atoms with Crippen LogP contribution in [0.4, 0.5) is 10.1 Å². The Morgan fingerprint density at radius 2 is 2.05 bits per heavy atom. The van der Waals surface area contributed by atoms with Gasteiger partial charge in [-0.25, -0.2) is 4.39 Å². The molecule has 2 rings (SSSR count). The lowest BCUT2D eigenvalue weighted by atomic mass is 10.1. The minimum absolute atomic E-state index is 0.0399. The number of methoxy groups -OCH3 is 1. The standard InChI is InChI=1S/C15H17FN2O/c1-10-6-13(9-17-8-10)18-11(2)12-4-5-14(16)15(7-12)19-3/h4-9,11,18H,1-3H3. The summed E-state index contributed by atoms with van der Waals surface area (Å²) in [4.78, 5) is 4.13. The van der Waals surface area contributed by atoms with Gasteiger partial charge in [-0.15, -0.1) is 0 Å². The number of hydrogen-bond donors (Lipinski definition) is 1. The second-order valence-corrected chi connectivity index (χ2v) is 4.51. The molecule has 1 aromatic carbocycles. The van der Waals surface area contributed by atoms with Gasteiger partial charge in [-0.2, -0.15) is 0 Å². The van der Waals surface area contributed by atoms with Crippen LogP contribution in [0, 0.1) is 12.7 Å². The maximum Gasteiger partial charge on any atom is 0.165 e. The number of aryl methyl sites for hydroxylation is 1. The van der Waals surface area contributed by atoms with Crippen LogP contribution >= 0.6 is 0 Å². The van der Waals surface area contributed by atoms with Gasteiger partial charge in [0, 0.05) is 18.4 Å². The van der Waals surface area contributed by atoms with Crippen molar-refractivity contribution in [2.24, 2.45) is 0 Å². The average molecular weight is 260 g/mol. The molecule has 0 bridgehead atoms. The molecule has 0 aliphatic heterocycles. The lowest BCUT2D eigenvalue weighted by Gasteiger charge is -2.16. The van der Waals surface area contributed by atoms with Crippen molar-refractivity contribution in [2.75, 3.05) is 12.4 Å². The fraction of sp³-hybridized carbons (Fsp3) is 0.267. The third-order valence-corrected chi connectivity index (χ3v) is 2.93. The zero-order valence-electron chi connectivity index (χ0n) is 11.3. The number of ether oxygens (including phenoxy) is 1. The van der Waals surface area contributed by atoms with Crippen molar-refractivity contribution in [3.63, 3.8) is 0 Å². The molecule has 1 aromatic heterocycles. The number of benzene rings is 1. The number of nitrogens with one attached hydrogen (secondary N) is 1. The molecular formula is C15H17FN2O. The molecule has 2 aromatic rings. The minimum Gasteiger partial charge on any atom is -0.494 e. The molecule has 19 heavy (non-hydrogen) atoms. The van der Waals surface area contributed by atoms with Crippen LogP contribution in [0.2, 0.25) is 0 Å². The first-order valence-corrected chi connectivity index (χ1v) is 6.12. The van der Waals surface area contributed by atoms with Gasteiger partial charge in [0.25, 0.3) is 0 Å². The molecule has 0 aliphatic carbocycles. The van der Waals surface area contributed by atoms with Crippen molar-refractivity contribution >= 4 is 5.69 Å². The van der Waals surface area contributed by atoms with E-state index >= 15 is 0 Å². The van der Waals surface area contributed by atoms with Gasteiger partial charge in [0.2, 0.25) is 0 Å². The third kappa shape index (κ3) is 3.22. The number of pyridine rings is 1. The SMILES string of the molecule is COc1cc(C(C)Nc2cncc(C)c2)ccc1F. The Balaban J connectivity index is 2.18. The molecule has 1 unspecified atom stereocenters. The van der Waals surface area contributed by atoms with Crippen LogP contribution in [0.5, 0.6) is 5.75 Å². The summed E-state index contributed by atoms with van der Waals surface area (Å²) in [7, 11) is 1.46. The van der Waals surface area contributed by atoms with E-state index in [0.29, 0.717) is 0 Å². The van der Waals surface area contributed by atoms with Gasteiger partial charge in [-0.3, -0.25) is 4.98 Å². The maximum atomic E-state index is 13.4. The molecule has 1 N–H and O–H groups in total. The molecular weight excluding hydrogens is 243 g/mol. The Morgan fingerprint density at radius 1 is 1.26 bits per heavy atom. The summed E-state index contributed by atoms with van der Waals surface area (Å²) in [5.74, 6) is -0.0933. The van der Waals surface area contributed by atoms with E-state index in [2.05, 4.69) is 10.3 Å². The van der Waals surface area contributed by atoms with Crippen LogP contribution in [0.25, 0.3) is 0 Å². The summed E-state index contributed by atoms with van der Waals surface area (Å²) < 4.78 is 18.3. The van der Waals surface area contributed by atoms with E-state index < -0.39 is 0 Å². The normalized spacial score (nSPS) is 12.0. The molecule has 1 atom stereocenters. The van der Waals surface area contributed by atoms with Gasteiger partial charge in [-0.05, 0) is 43.2 Å². The molecule has 0 spiro atoms. The minimum atomic E-state index is -0.351. The summed E-state index contributed by atoms with van der Waals surface area (Å²) in [6, 6.07) is 6.93. The van der Waals surface area contributed by atoms with E-state index in [-0.39, 0.29) is 17.6 Å². The van der Waals surface area contributed by atoms with Crippen molar-refractivity contribution in [3.8, 4) is 5.75 Å². The summed E-state index contributed by atoms with van der Waals surface area (Å²) in [6.07, 6.45) is 3.57. The van der Waals surface area contributed by atoms with Crippen molar-refractivity contribution in [1.82, 2.24) is 4.98 Å². The van der Waals surface area contributed by atoms with Gasteiger partial charge in [0.1, 0.15) is 0 Å². The van der Waals surface area contributed by atoms with Crippen LogP contribution in [0.15, 0.2) is 36.7 Å². The zero-order valence-corrected chi connectivity index (χ0v) is 11.3. The highest BCUT2D eigenvalue weighted by Crippen LogP contribution is 2.25. The van der Waals surface area contributed by atoms with Crippen molar-refractivity contribution in [1.29, 1.82) is 0 Å². The van der Waals surface area contributed by atoms with Crippen molar-refractivity contribution in [3.05, 3.63) is 53.6 Å². The number of rotatable bonds is 4. The first-order chi connectivity index (χ1) is 9.10. The topological polar surface area (TPSA) is 34.1 Å². The highest BCUT2D eigenvalue weighted by molar-refractivity contribution is 5.45. The predicted octanol–water partition coefficient (Wildman–Crippen LogP) is 3.71. The Bertz CT molecular complexity index is 572. The van der Waals surface area contributed by atoms with E-state index in [1.54, 1.807) is 24.5 Å². The predicted molar refractivity (Wildman–Crippen MR) is 74.0 cm³/mol. The second-order valence-electron chi connectivity index (χ2n) is 4.51. The number of anilines is 1. The molecule has 0 radical (unpaired) electrons. The van der Waals surface area contributed by atoms with Crippen LogP contribution in [-0.4, -0.2) is 12.1 Å². The average Bonchev–Trinajstić information content (AvgIpc) is 2.39. The number of nitrogens with zero attached hydrogens (tertiary/aromatic N) is 1. The van der Waals surface area contributed by atoms with Crippen LogP contribution in [-0.2, 0) is 0 Å². The number of halogens is 1. The highest BCUT2D eigenvalue weighted by Gasteiger charge is 2.09. The molecule has 0 aliphatic rings. The summed E-state index contributed by atoms with van der Waals surface area (Å²) in [6.45, 7) is 4.00. The molecule has 100 valence electrons. The number of hydrogen-bond acceptors (Lipinski definition) is 3. The second kappa shape index (κ2) is 5.69. The quantitative estimate of drug-likeness (QED) is 0.910. The van der Waals surface area contributed by atoms with Crippen LogP contribution < -0.4 is 10.1 Å². The Hall–Kier alpha value is -2.10. The van der Waals surface area contributed by atoms with E-state index in [0.717, 1.165) is 16.8 Å². The van der Waals surface area contributed by atoms with E-state index in [9.17, 15) is 4.39 Å². The first-order valence-electron chi connectivity index (χ1n) is 6.12. The summed E-state index contributed by atoms with van der Waals surface area (Å²) >= 11 is 0. The Kier molecular flexibility index (Phi) is 4.00. The lowest BCUT2D eigenvalue weighted by molar-refractivity contribution is 0.385. The van der Waals surface area contributed by atoms with Crippen LogP contribution in [0.3, 0.4) is 0 Å². The molecule has 0 amide bonds. The highest BCUT2D eigenvalue weighted by atomic mass is 19.1. The molecule has 0 fully saturated rings. The molecule has 0 saturated heterocycles. The van der Waals surface area contributed by atoms with Gasteiger partial charge < -0.3 is 10.1 Å². The first kappa shape index (κ1) is 13.3. The Labute approximate surface area is 112 Å². The fourth-order valence-electron chi connectivity index (χ4n) is 1.91. The molecule has 0 saturated carbocycles. The Morgan fingerprint density at radius 3 is 2.74 bits per heavy atom. The van der Waals surface area contributed by atoms with E-state index in [1.165, 1.54) is 13.2 Å². The van der Waals surface area contributed by atoms with E-state index in [4.69, 9.17) is 4.74 Å². The van der Waals surface area contributed by atoms with E-state index in [1.807, 2.05) is 19.9 Å². The third-order valence-electron chi connectivity index (χ3n) is 2.93. The number of aromatic nitrogens is 1. The van der Waals surface area contributed by atoms with Crippen molar-refractivity contribution in [2.45, 2.75) is 19.9 Å². The molecule has 1 heterocycles. The van der Waals surface area contributed by atoms with Gasteiger partial charge in [-0.1, -0.05) is 6.07 Å². The largest absolute Gasteiger partial charge is 0.494 e. The maximum absolute atomic E-state index is 13.4. The lowest BCUT2D eigenvalue weighted by Crippen LogP contribution is -2.07. The summed E-state index contributed by atoms with van der Waals surface area (Å²) in [5.41, 5.74) is 2.99. The molecule has 4 heteroatoms.